The summed E-state index contributed by atoms with van der Waals surface area (Å²) in [5, 5.41) is 0. The van der Waals surface area contributed by atoms with E-state index in [-0.39, 0.29) is 10.7 Å². The molecule has 0 heterocycles. The van der Waals surface area contributed by atoms with E-state index in [1.807, 2.05) is 0 Å². The van der Waals surface area contributed by atoms with Crippen molar-refractivity contribution in [3.63, 3.8) is 0 Å². The average Bonchev–Trinajstić information content (AvgIpc) is 2.15. The van der Waals surface area contributed by atoms with Crippen LogP contribution in [0.4, 0.5) is 0 Å². The second kappa shape index (κ2) is 3.96. The predicted molar refractivity (Wildman–Crippen MR) is 55.4 cm³/mol. The van der Waals surface area contributed by atoms with Crippen molar-refractivity contribution in [3.8, 4) is 0 Å². The van der Waals surface area contributed by atoms with Crippen molar-refractivity contribution < 1.29 is 17.8 Å². The maximum atomic E-state index is 11.4. The van der Waals surface area contributed by atoms with E-state index >= 15 is 0 Å². The standard InChI is InChI=1S/C10H10O4S/c1-7(2)10(11)8-3-5-9(6-4-8)15(12,13)14/h3-6H,1H2,2H3,(H,12,13,14). The van der Waals surface area contributed by atoms with Gasteiger partial charge in [0.05, 0.1) is 4.90 Å². The molecular weight excluding hydrogens is 216 g/mol. The van der Waals surface area contributed by atoms with Gasteiger partial charge in [-0.2, -0.15) is 8.42 Å². The van der Waals surface area contributed by atoms with E-state index in [0.717, 1.165) is 0 Å². The molecule has 1 aromatic carbocycles. The Morgan fingerprint density at radius 3 is 2.07 bits per heavy atom. The van der Waals surface area contributed by atoms with Crippen LogP contribution in [0.3, 0.4) is 0 Å². The summed E-state index contributed by atoms with van der Waals surface area (Å²) in [6.07, 6.45) is 0. The smallest absolute Gasteiger partial charge is 0.289 e. The van der Waals surface area contributed by atoms with E-state index < -0.39 is 10.1 Å². The van der Waals surface area contributed by atoms with Crippen LogP contribution in [0.2, 0.25) is 0 Å². The van der Waals surface area contributed by atoms with Crippen molar-refractivity contribution in [1.82, 2.24) is 0 Å². The Hall–Kier alpha value is -1.46. The van der Waals surface area contributed by atoms with Crippen LogP contribution in [-0.2, 0) is 10.1 Å². The third kappa shape index (κ3) is 2.74. The van der Waals surface area contributed by atoms with Crippen LogP contribution in [0.25, 0.3) is 0 Å². The lowest BCUT2D eigenvalue weighted by atomic mass is 10.1. The fourth-order valence-electron chi connectivity index (χ4n) is 1.02. The molecule has 0 atom stereocenters. The molecule has 80 valence electrons. The van der Waals surface area contributed by atoms with Gasteiger partial charge >= 0.3 is 0 Å². The quantitative estimate of drug-likeness (QED) is 0.483. The minimum absolute atomic E-state index is 0.235. The first-order valence-corrected chi connectivity index (χ1v) is 5.54. The molecule has 0 aliphatic carbocycles. The molecule has 0 aliphatic heterocycles. The zero-order chi connectivity index (χ0) is 11.6. The van der Waals surface area contributed by atoms with Gasteiger partial charge in [0, 0.05) is 5.56 Å². The van der Waals surface area contributed by atoms with Crippen molar-refractivity contribution in [2.45, 2.75) is 11.8 Å². The van der Waals surface area contributed by atoms with Gasteiger partial charge < -0.3 is 0 Å². The van der Waals surface area contributed by atoms with Gasteiger partial charge in [-0.25, -0.2) is 0 Å². The van der Waals surface area contributed by atoms with Crippen LogP contribution in [0.5, 0.6) is 0 Å². The summed E-state index contributed by atoms with van der Waals surface area (Å²) < 4.78 is 30.1. The number of ketones is 1. The summed E-state index contributed by atoms with van der Waals surface area (Å²) in [4.78, 5) is 11.2. The van der Waals surface area contributed by atoms with Gasteiger partial charge in [-0.3, -0.25) is 9.35 Å². The number of hydrogen-bond acceptors (Lipinski definition) is 3. The minimum Gasteiger partial charge on any atom is -0.289 e. The Labute approximate surface area is 88.0 Å². The van der Waals surface area contributed by atoms with E-state index in [1.54, 1.807) is 6.92 Å². The van der Waals surface area contributed by atoms with E-state index in [9.17, 15) is 13.2 Å². The Kier molecular flexibility index (Phi) is 3.06. The van der Waals surface area contributed by atoms with Gasteiger partial charge in [0.25, 0.3) is 10.1 Å². The molecule has 4 nitrogen and oxygen atoms in total. The molecule has 0 aromatic heterocycles. The SMILES string of the molecule is C=C(C)C(=O)c1ccc(S(=O)(=O)O)cc1. The number of allylic oxidation sites excluding steroid dienone is 1. The topological polar surface area (TPSA) is 71.4 Å². The lowest BCUT2D eigenvalue weighted by molar-refractivity contribution is 0.103. The molecule has 1 rings (SSSR count). The molecule has 0 spiro atoms. The highest BCUT2D eigenvalue weighted by molar-refractivity contribution is 7.85. The molecule has 1 aromatic rings. The summed E-state index contributed by atoms with van der Waals surface area (Å²) >= 11 is 0. The van der Waals surface area contributed by atoms with Crippen LogP contribution in [-0.4, -0.2) is 18.8 Å². The first kappa shape index (κ1) is 11.6. The number of Topliss-reactive ketones (excluding diaryl/α,β-unsaturated/α-hetero) is 1. The lowest BCUT2D eigenvalue weighted by Gasteiger charge is -2.00. The van der Waals surface area contributed by atoms with Crippen molar-refractivity contribution >= 4 is 15.9 Å². The summed E-state index contributed by atoms with van der Waals surface area (Å²) in [7, 11) is -4.20. The highest BCUT2D eigenvalue weighted by Crippen LogP contribution is 2.12. The van der Waals surface area contributed by atoms with Gasteiger partial charge in [-0.05, 0) is 36.8 Å². The molecule has 0 fully saturated rings. The van der Waals surface area contributed by atoms with Crippen molar-refractivity contribution in [3.05, 3.63) is 42.0 Å². The molecule has 0 saturated carbocycles. The summed E-state index contributed by atoms with van der Waals surface area (Å²) in [5.74, 6) is -0.253. The van der Waals surface area contributed by atoms with E-state index in [0.29, 0.717) is 11.1 Å². The van der Waals surface area contributed by atoms with Gasteiger partial charge in [-0.1, -0.05) is 6.58 Å². The number of benzene rings is 1. The lowest BCUT2D eigenvalue weighted by Crippen LogP contribution is -2.02. The van der Waals surface area contributed by atoms with Gasteiger partial charge in [0.2, 0.25) is 0 Å². The monoisotopic (exact) mass is 226 g/mol. The second-order valence-electron chi connectivity index (χ2n) is 3.11. The zero-order valence-corrected chi connectivity index (χ0v) is 8.91. The van der Waals surface area contributed by atoms with Crippen LogP contribution in [0.15, 0.2) is 41.3 Å². The maximum absolute atomic E-state index is 11.4. The largest absolute Gasteiger partial charge is 0.294 e. The third-order valence-electron chi connectivity index (χ3n) is 1.80. The number of carbonyl (C=O) groups is 1. The van der Waals surface area contributed by atoms with Gasteiger partial charge in [0.1, 0.15) is 0 Å². The van der Waals surface area contributed by atoms with Crippen molar-refractivity contribution in [2.24, 2.45) is 0 Å². The minimum atomic E-state index is -4.20. The molecular formula is C10H10O4S. The highest BCUT2D eigenvalue weighted by atomic mass is 32.2. The number of hydrogen-bond donors (Lipinski definition) is 1. The Morgan fingerprint density at radius 2 is 1.73 bits per heavy atom. The average molecular weight is 226 g/mol. The fraction of sp³-hybridized carbons (Fsp3) is 0.100. The normalized spacial score (nSPS) is 11.1. The zero-order valence-electron chi connectivity index (χ0n) is 8.10. The second-order valence-corrected chi connectivity index (χ2v) is 4.53. The van der Waals surface area contributed by atoms with Crippen LogP contribution < -0.4 is 0 Å². The number of carbonyl (C=O) groups excluding carboxylic acids is 1. The first-order chi connectivity index (χ1) is 6.82. The molecule has 5 heteroatoms. The first-order valence-electron chi connectivity index (χ1n) is 4.10. The van der Waals surface area contributed by atoms with Crippen molar-refractivity contribution in [1.29, 1.82) is 0 Å². The molecule has 1 N–H and O–H groups in total. The van der Waals surface area contributed by atoms with Crippen LogP contribution in [0, 0.1) is 0 Å². The fourth-order valence-corrected chi connectivity index (χ4v) is 1.50. The third-order valence-corrected chi connectivity index (χ3v) is 2.67. The molecule has 15 heavy (non-hydrogen) atoms. The predicted octanol–water partition coefficient (Wildman–Crippen LogP) is 1.69. The summed E-state index contributed by atoms with van der Waals surface area (Å²) in [5.41, 5.74) is 0.713. The molecule has 0 radical (unpaired) electrons. The van der Waals surface area contributed by atoms with E-state index in [1.165, 1.54) is 24.3 Å². The molecule has 0 aliphatic rings. The highest BCUT2D eigenvalue weighted by Gasteiger charge is 2.11. The van der Waals surface area contributed by atoms with Crippen molar-refractivity contribution in [2.75, 3.05) is 0 Å². The van der Waals surface area contributed by atoms with Crippen LogP contribution >= 0.6 is 0 Å². The van der Waals surface area contributed by atoms with E-state index in [4.69, 9.17) is 4.55 Å². The number of rotatable bonds is 3. The Bertz CT molecular complexity index is 497. The van der Waals surface area contributed by atoms with E-state index in [2.05, 4.69) is 6.58 Å². The Balaban J connectivity index is 3.12. The Morgan fingerprint density at radius 1 is 1.27 bits per heavy atom. The molecule has 0 bridgehead atoms. The van der Waals surface area contributed by atoms with Crippen LogP contribution in [0.1, 0.15) is 17.3 Å². The summed E-state index contributed by atoms with van der Waals surface area (Å²) in [6, 6.07) is 5.01. The summed E-state index contributed by atoms with van der Waals surface area (Å²) in [6.45, 7) is 5.05. The maximum Gasteiger partial charge on any atom is 0.294 e. The molecule has 0 amide bonds. The molecule has 0 unspecified atom stereocenters. The van der Waals surface area contributed by atoms with Gasteiger partial charge in [0.15, 0.2) is 5.78 Å². The van der Waals surface area contributed by atoms with Gasteiger partial charge in [-0.15, -0.1) is 0 Å². The molecule has 0 saturated heterocycles.